The molecule has 116 valence electrons. The van der Waals surface area contributed by atoms with Gasteiger partial charge in [-0.05, 0) is 32.6 Å². The van der Waals surface area contributed by atoms with Gasteiger partial charge >= 0.3 is 11.9 Å². The predicted octanol–water partition coefficient (Wildman–Crippen LogP) is 2.53. The maximum absolute atomic E-state index is 11.7. The maximum Gasteiger partial charge on any atom is 0.309 e. The first-order valence-electron chi connectivity index (χ1n) is 7.18. The molecule has 0 rings (SSSR count). The molecule has 0 bridgehead atoms. The smallest absolute Gasteiger partial charge is 0.309 e. The van der Waals surface area contributed by atoms with Gasteiger partial charge in [-0.25, -0.2) is 0 Å². The highest BCUT2D eigenvalue weighted by Gasteiger charge is 2.23. The maximum atomic E-state index is 11.7. The van der Waals surface area contributed by atoms with Crippen LogP contribution in [0.2, 0.25) is 0 Å². The number of rotatable bonds is 11. The van der Waals surface area contributed by atoms with Gasteiger partial charge in [0.15, 0.2) is 0 Å². The Hall–Kier alpha value is -1.36. The van der Waals surface area contributed by atoms with Crippen LogP contribution < -0.4 is 0 Å². The lowest BCUT2D eigenvalue weighted by Crippen LogP contribution is -2.24. The number of carbonyl (C=O) groups is 2. The number of aliphatic hydroxyl groups is 1. The largest absolute Gasteiger partial charge is 0.481 e. The van der Waals surface area contributed by atoms with Crippen molar-refractivity contribution in [1.82, 2.24) is 0 Å². The Morgan fingerprint density at radius 1 is 1.25 bits per heavy atom. The third-order valence-corrected chi connectivity index (χ3v) is 2.77. The average Bonchev–Trinajstić information content (AvgIpc) is 2.38. The third-order valence-electron chi connectivity index (χ3n) is 2.77. The number of esters is 1. The highest BCUT2D eigenvalue weighted by molar-refractivity contribution is 5.79. The van der Waals surface area contributed by atoms with Crippen molar-refractivity contribution in [3.63, 3.8) is 0 Å². The summed E-state index contributed by atoms with van der Waals surface area (Å²) >= 11 is 0. The molecule has 0 heterocycles. The molecule has 5 heteroatoms. The number of ether oxygens (including phenoxy) is 1. The van der Waals surface area contributed by atoms with Crippen molar-refractivity contribution in [3.8, 4) is 0 Å². The van der Waals surface area contributed by atoms with Gasteiger partial charge in [0.1, 0.15) is 6.61 Å². The average molecular weight is 286 g/mol. The van der Waals surface area contributed by atoms with Crippen molar-refractivity contribution in [2.75, 3.05) is 6.61 Å². The van der Waals surface area contributed by atoms with Gasteiger partial charge in [-0.1, -0.05) is 25.5 Å². The molecule has 0 saturated carbocycles. The molecule has 2 N–H and O–H groups in total. The van der Waals surface area contributed by atoms with Crippen LogP contribution in [0, 0.1) is 5.92 Å². The first-order chi connectivity index (χ1) is 9.47. The summed E-state index contributed by atoms with van der Waals surface area (Å²) in [7, 11) is 0. The van der Waals surface area contributed by atoms with Gasteiger partial charge in [-0.2, -0.15) is 0 Å². The van der Waals surface area contributed by atoms with E-state index in [1.54, 1.807) is 0 Å². The van der Waals surface area contributed by atoms with Crippen LogP contribution >= 0.6 is 0 Å². The van der Waals surface area contributed by atoms with Crippen LogP contribution in [0.25, 0.3) is 0 Å². The summed E-state index contributed by atoms with van der Waals surface area (Å²) in [5.74, 6) is -2.18. The monoisotopic (exact) mass is 286 g/mol. The van der Waals surface area contributed by atoms with Crippen LogP contribution in [0.5, 0.6) is 0 Å². The summed E-state index contributed by atoms with van der Waals surface area (Å²) in [5.41, 5.74) is 0. The van der Waals surface area contributed by atoms with Crippen molar-refractivity contribution in [1.29, 1.82) is 0 Å². The fraction of sp³-hybridized carbons (Fsp3) is 0.733. The second-order valence-corrected chi connectivity index (χ2v) is 4.96. The van der Waals surface area contributed by atoms with Gasteiger partial charge in [0.25, 0.3) is 0 Å². The Bertz CT molecular complexity index is 309. The molecule has 0 aliphatic carbocycles. The SMILES string of the molecule is CCC/C=C/CCCC(CC(=O)O)C(=O)OCC(C)O. The highest BCUT2D eigenvalue weighted by atomic mass is 16.5. The molecule has 20 heavy (non-hydrogen) atoms. The van der Waals surface area contributed by atoms with Crippen LogP contribution in [0.4, 0.5) is 0 Å². The van der Waals surface area contributed by atoms with Crippen molar-refractivity contribution in [2.24, 2.45) is 5.92 Å². The van der Waals surface area contributed by atoms with Crippen molar-refractivity contribution >= 4 is 11.9 Å². The van der Waals surface area contributed by atoms with Crippen LogP contribution in [0.15, 0.2) is 12.2 Å². The fourth-order valence-electron chi connectivity index (χ4n) is 1.72. The molecular weight excluding hydrogens is 260 g/mol. The predicted molar refractivity (Wildman–Crippen MR) is 76.3 cm³/mol. The lowest BCUT2D eigenvalue weighted by molar-refractivity contribution is -0.155. The quantitative estimate of drug-likeness (QED) is 0.346. The van der Waals surface area contributed by atoms with E-state index >= 15 is 0 Å². The zero-order valence-corrected chi connectivity index (χ0v) is 12.4. The molecular formula is C15H26O5. The first-order valence-corrected chi connectivity index (χ1v) is 7.18. The molecule has 0 aromatic carbocycles. The minimum Gasteiger partial charge on any atom is -0.481 e. The summed E-state index contributed by atoms with van der Waals surface area (Å²) in [6.07, 6.45) is 7.40. The van der Waals surface area contributed by atoms with Gasteiger partial charge in [-0.3, -0.25) is 9.59 Å². The van der Waals surface area contributed by atoms with E-state index in [-0.39, 0.29) is 13.0 Å². The highest BCUT2D eigenvalue weighted by Crippen LogP contribution is 2.15. The van der Waals surface area contributed by atoms with E-state index in [0.29, 0.717) is 6.42 Å². The van der Waals surface area contributed by atoms with Crippen molar-refractivity contribution in [2.45, 2.75) is 58.5 Å². The van der Waals surface area contributed by atoms with Crippen molar-refractivity contribution < 1.29 is 24.5 Å². The van der Waals surface area contributed by atoms with E-state index in [4.69, 9.17) is 14.9 Å². The minimum absolute atomic E-state index is 0.0919. The third kappa shape index (κ3) is 10.6. The van der Waals surface area contributed by atoms with Gasteiger partial charge in [0.2, 0.25) is 0 Å². The van der Waals surface area contributed by atoms with Gasteiger partial charge in [0.05, 0.1) is 18.4 Å². The van der Waals surface area contributed by atoms with Crippen LogP contribution in [-0.4, -0.2) is 34.9 Å². The Morgan fingerprint density at radius 2 is 1.90 bits per heavy atom. The number of hydrogen-bond acceptors (Lipinski definition) is 4. The number of aliphatic carboxylic acids is 1. The molecule has 0 aromatic heterocycles. The van der Waals surface area contributed by atoms with E-state index in [1.807, 2.05) is 0 Å². The number of allylic oxidation sites excluding steroid dienone is 2. The number of carbonyl (C=O) groups excluding carboxylic acids is 1. The molecule has 0 radical (unpaired) electrons. The summed E-state index contributed by atoms with van der Waals surface area (Å²) in [6.45, 7) is 3.52. The van der Waals surface area contributed by atoms with Crippen LogP contribution in [-0.2, 0) is 14.3 Å². The minimum atomic E-state index is -1.01. The summed E-state index contributed by atoms with van der Waals surface area (Å²) in [4.78, 5) is 22.5. The molecule has 0 spiro atoms. The normalized spacial score (nSPS) is 14.2. The van der Waals surface area contributed by atoms with Gasteiger partial charge < -0.3 is 14.9 Å². The standard InChI is InChI=1S/C15H26O5/c1-3-4-5-6-7-8-9-13(10-14(17)18)15(19)20-11-12(2)16/h5-6,12-13,16H,3-4,7-11H2,1-2H3,(H,17,18)/b6-5+. The van der Waals surface area contributed by atoms with Crippen LogP contribution in [0.1, 0.15) is 52.4 Å². The lowest BCUT2D eigenvalue weighted by atomic mass is 9.98. The Kier molecular flexibility index (Phi) is 10.7. The first kappa shape index (κ1) is 18.6. The second kappa shape index (κ2) is 11.5. The zero-order chi connectivity index (χ0) is 15.4. The van der Waals surface area contributed by atoms with Crippen molar-refractivity contribution in [3.05, 3.63) is 12.2 Å². The molecule has 0 aromatic rings. The molecule has 2 atom stereocenters. The topological polar surface area (TPSA) is 83.8 Å². The summed E-state index contributed by atoms with van der Waals surface area (Å²) < 4.78 is 4.89. The zero-order valence-electron chi connectivity index (χ0n) is 12.4. The fourth-order valence-corrected chi connectivity index (χ4v) is 1.72. The van der Waals surface area contributed by atoms with Crippen LogP contribution in [0.3, 0.4) is 0 Å². The number of hydrogen-bond donors (Lipinski definition) is 2. The second-order valence-electron chi connectivity index (χ2n) is 4.96. The van der Waals surface area contributed by atoms with Gasteiger partial charge in [0, 0.05) is 0 Å². The van der Waals surface area contributed by atoms with E-state index < -0.39 is 24.0 Å². The van der Waals surface area contributed by atoms with E-state index in [2.05, 4.69) is 19.1 Å². The molecule has 0 amide bonds. The Balaban J connectivity index is 4.13. The number of unbranched alkanes of at least 4 members (excludes halogenated alkanes) is 2. The Labute approximate surface area is 120 Å². The molecule has 0 saturated heterocycles. The number of carboxylic acid groups (broad SMARTS) is 1. The summed E-state index contributed by atoms with van der Waals surface area (Å²) in [6, 6.07) is 0. The molecule has 5 nitrogen and oxygen atoms in total. The lowest BCUT2D eigenvalue weighted by Gasteiger charge is -2.14. The van der Waals surface area contributed by atoms with Gasteiger partial charge in [-0.15, -0.1) is 0 Å². The summed E-state index contributed by atoms with van der Waals surface area (Å²) in [5, 5.41) is 17.9. The molecule has 0 fully saturated rings. The van der Waals surface area contributed by atoms with E-state index in [1.165, 1.54) is 6.92 Å². The molecule has 0 aliphatic rings. The molecule has 2 unspecified atom stereocenters. The number of aliphatic hydroxyl groups excluding tert-OH is 1. The molecule has 0 aliphatic heterocycles. The van der Waals surface area contributed by atoms with E-state index in [9.17, 15) is 9.59 Å². The van der Waals surface area contributed by atoms with E-state index in [0.717, 1.165) is 25.7 Å². The Morgan fingerprint density at radius 3 is 2.45 bits per heavy atom. The number of carboxylic acids is 1.